The van der Waals surface area contributed by atoms with Crippen molar-refractivity contribution < 1.29 is 0 Å². The first-order valence-corrected chi connectivity index (χ1v) is 7.55. The summed E-state index contributed by atoms with van der Waals surface area (Å²) in [6, 6.07) is 2.48. The van der Waals surface area contributed by atoms with Crippen molar-refractivity contribution in [1.82, 2.24) is 14.9 Å². The zero-order chi connectivity index (χ0) is 13.2. The first-order chi connectivity index (χ1) is 9.24. The van der Waals surface area contributed by atoms with Crippen LogP contribution in [-0.2, 0) is 6.54 Å². The van der Waals surface area contributed by atoms with Gasteiger partial charge in [0.05, 0.1) is 6.54 Å². The molecule has 2 fully saturated rings. The third kappa shape index (κ3) is 2.73. The molecule has 1 aromatic rings. The largest absolute Gasteiger partial charge is 0.384 e. The summed E-state index contributed by atoms with van der Waals surface area (Å²) < 4.78 is 0. The Morgan fingerprint density at radius 2 is 2.16 bits per heavy atom. The fourth-order valence-electron chi connectivity index (χ4n) is 4.04. The van der Waals surface area contributed by atoms with Crippen molar-refractivity contribution in [2.24, 2.45) is 11.8 Å². The Kier molecular flexibility index (Phi) is 3.69. The average molecular weight is 260 g/mol. The summed E-state index contributed by atoms with van der Waals surface area (Å²) in [4.78, 5) is 11.3. The van der Waals surface area contributed by atoms with Crippen molar-refractivity contribution in [1.29, 1.82) is 0 Å². The summed E-state index contributed by atoms with van der Waals surface area (Å²) in [5.74, 6) is 3.15. The molecule has 19 heavy (non-hydrogen) atoms. The van der Waals surface area contributed by atoms with Crippen LogP contribution in [0.3, 0.4) is 0 Å². The maximum Gasteiger partial charge on any atom is 0.144 e. The first-order valence-electron chi connectivity index (χ1n) is 7.55. The molecular formula is C15H24N4. The number of nitrogen functional groups attached to an aromatic ring is 1. The monoisotopic (exact) mass is 260 g/mol. The predicted octanol–water partition coefficient (Wildman–Crippen LogP) is 2.46. The van der Waals surface area contributed by atoms with Crippen LogP contribution in [0.25, 0.3) is 0 Å². The molecule has 1 aromatic heterocycles. The highest BCUT2D eigenvalue weighted by molar-refractivity contribution is 5.25. The van der Waals surface area contributed by atoms with Crippen LogP contribution in [0.2, 0.25) is 0 Å². The molecule has 104 valence electrons. The Morgan fingerprint density at radius 3 is 3.00 bits per heavy atom. The number of likely N-dealkylation sites (tertiary alicyclic amines) is 1. The standard InChI is InChI=1S/C15H24N4/c1-11-4-2-5-12-6-3-9-19(15(11)12)10-14-17-8-7-13(16)18-14/h7-8,11-12,15H,2-6,9-10H2,1H3,(H2,16,17,18)/t11-,12+,15+/m1/s1. The van der Waals surface area contributed by atoms with Crippen LogP contribution in [0, 0.1) is 11.8 Å². The number of hydrogen-bond acceptors (Lipinski definition) is 4. The third-order valence-electron chi connectivity index (χ3n) is 4.81. The normalized spacial score (nSPS) is 31.9. The van der Waals surface area contributed by atoms with Gasteiger partial charge in [-0.2, -0.15) is 0 Å². The van der Waals surface area contributed by atoms with E-state index in [9.17, 15) is 0 Å². The van der Waals surface area contributed by atoms with Gasteiger partial charge in [-0.05, 0) is 50.1 Å². The number of aromatic nitrogens is 2. The number of anilines is 1. The Labute approximate surface area is 115 Å². The number of rotatable bonds is 2. The molecule has 1 saturated heterocycles. The van der Waals surface area contributed by atoms with E-state index in [4.69, 9.17) is 5.73 Å². The second kappa shape index (κ2) is 5.45. The zero-order valence-corrected chi connectivity index (χ0v) is 11.8. The van der Waals surface area contributed by atoms with Gasteiger partial charge in [0, 0.05) is 12.2 Å². The van der Waals surface area contributed by atoms with Crippen LogP contribution in [-0.4, -0.2) is 27.5 Å². The number of nitrogens with two attached hydrogens (primary N) is 1. The topological polar surface area (TPSA) is 55.0 Å². The molecule has 0 radical (unpaired) electrons. The van der Waals surface area contributed by atoms with Crippen molar-refractivity contribution >= 4 is 5.82 Å². The Hall–Kier alpha value is -1.16. The van der Waals surface area contributed by atoms with Crippen LogP contribution in [0.15, 0.2) is 12.3 Å². The van der Waals surface area contributed by atoms with Crippen LogP contribution in [0.1, 0.15) is 44.9 Å². The Balaban J connectivity index is 1.75. The van der Waals surface area contributed by atoms with Crippen LogP contribution in [0.4, 0.5) is 5.82 Å². The van der Waals surface area contributed by atoms with E-state index in [1.807, 2.05) is 0 Å². The van der Waals surface area contributed by atoms with Crippen LogP contribution >= 0.6 is 0 Å². The zero-order valence-electron chi connectivity index (χ0n) is 11.8. The fourth-order valence-corrected chi connectivity index (χ4v) is 4.04. The molecule has 0 bridgehead atoms. The van der Waals surface area contributed by atoms with Gasteiger partial charge in [0.25, 0.3) is 0 Å². The van der Waals surface area contributed by atoms with E-state index in [-0.39, 0.29) is 0 Å². The van der Waals surface area contributed by atoms with E-state index in [0.29, 0.717) is 5.82 Å². The lowest BCUT2D eigenvalue weighted by molar-refractivity contribution is 0.0179. The highest BCUT2D eigenvalue weighted by atomic mass is 15.2. The van der Waals surface area contributed by atoms with Gasteiger partial charge in [-0.3, -0.25) is 4.90 Å². The van der Waals surface area contributed by atoms with Crippen molar-refractivity contribution in [2.45, 2.75) is 51.6 Å². The molecule has 0 amide bonds. The van der Waals surface area contributed by atoms with E-state index < -0.39 is 0 Å². The Bertz CT molecular complexity index is 432. The maximum absolute atomic E-state index is 5.75. The molecule has 3 atom stereocenters. The lowest BCUT2D eigenvalue weighted by Gasteiger charge is -2.47. The SMILES string of the molecule is C[C@@H]1CCC[C@H]2CCCN(Cc3nccc(N)n3)[C@H]21. The molecule has 2 N–H and O–H groups in total. The molecule has 2 heterocycles. The minimum absolute atomic E-state index is 0.579. The van der Waals surface area contributed by atoms with Gasteiger partial charge in [0.1, 0.15) is 11.6 Å². The summed E-state index contributed by atoms with van der Waals surface area (Å²) in [6.45, 7) is 4.45. The molecule has 3 rings (SSSR count). The maximum atomic E-state index is 5.75. The fraction of sp³-hybridized carbons (Fsp3) is 0.733. The van der Waals surface area contributed by atoms with Crippen LogP contribution in [0.5, 0.6) is 0 Å². The molecule has 0 spiro atoms. The smallest absolute Gasteiger partial charge is 0.144 e. The van der Waals surface area contributed by atoms with E-state index >= 15 is 0 Å². The van der Waals surface area contributed by atoms with Crippen molar-refractivity contribution in [3.05, 3.63) is 18.1 Å². The molecule has 1 saturated carbocycles. The van der Waals surface area contributed by atoms with Gasteiger partial charge < -0.3 is 5.73 Å². The van der Waals surface area contributed by atoms with E-state index in [2.05, 4.69) is 21.8 Å². The van der Waals surface area contributed by atoms with Gasteiger partial charge >= 0.3 is 0 Å². The molecule has 2 aliphatic rings. The predicted molar refractivity (Wildman–Crippen MR) is 76.4 cm³/mol. The molecule has 0 unspecified atom stereocenters. The first kappa shape index (κ1) is 12.9. The molecule has 0 aromatic carbocycles. The van der Waals surface area contributed by atoms with Gasteiger partial charge in [0.15, 0.2) is 0 Å². The number of hydrogen-bond donors (Lipinski definition) is 1. The average Bonchev–Trinajstić information content (AvgIpc) is 2.39. The minimum atomic E-state index is 0.579. The lowest BCUT2D eigenvalue weighted by atomic mass is 9.73. The third-order valence-corrected chi connectivity index (χ3v) is 4.81. The van der Waals surface area contributed by atoms with Gasteiger partial charge in [-0.1, -0.05) is 13.3 Å². The summed E-state index contributed by atoms with van der Waals surface area (Å²) in [5.41, 5.74) is 5.75. The van der Waals surface area contributed by atoms with Crippen LogP contribution < -0.4 is 5.73 Å². The summed E-state index contributed by atoms with van der Waals surface area (Å²) >= 11 is 0. The summed E-state index contributed by atoms with van der Waals surface area (Å²) in [6.07, 6.45) is 8.67. The summed E-state index contributed by atoms with van der Waals surface area (Å²) in [5, 5.41) is 0. The second-order valence-electron chi connectivity index (χ2n) is 6.17. The van der Waals surface area contributed by atoms with Gasteiger partial charge in [0.2, 0.25) is 0 Å². The van der Waals surface area contributed by atoms with Crippen molar-refractivity contribution in [3.8, 4) is 0 Å². The van der Waals surface area contributed by atoms with Crippen molar-refractivity contribution in [3.63, 3.8) is 0 Å². The van der Waals surface area contributed by atoms with E-state index in [1.54, 1.807) is 12.3 Å². The van der Waals surface area contributed by atoms with E-state index in [0.717, 1.165) is 30.2 Å². The lowest BCUT2D eigenvalue weighted by Crippen LogP contribution is -2.50. The molecule has 4 nitrogen and oxygen atoms in total. The van der Waals surface area contributed by atoms with E-state index in [1.165, 1.54) is 38.6 Å². The second-order valence-corrected chi connectivity index (χ2v) is 6.17. The molecule has 1 aliphatic carbocycles. The molecular weight excluding hydrogens is 236 g/mol. The molecule has 1 aliphatic heterocycles. The molecule has 4 heteroatoms. The van der Waals surface area contributed by atoms with Gasteiger partial charge in [-0.25, -0.2) is 9.97 Å². The highest BCUT2D eigenvalue weighted by Gasteiger charge is 2.37. The van der Waals surface area contributed by atoms with Crippen molar-refractivity contribution in [2.75, 3.05) is 12.3 Å². The Morgan fingerprint density at radius 1 is 1.32 bits per heavy atom. The highest BCUT2D eigenvalue weighted by Crippen LogP contribution is 2.38. The number of fused-ring (bicyclic) bond motifs is 1. The number of piperidine rings is 1. The van der Waals surface area contributed by atoms with Gasteiger partial charge in [-0.15, -0.1) is 0 Å². The minimum Gasteiger partial charge on any atom is -0.384 e. The summed E-state index contributed by atoms with van der Waals surface area (Å²) in [7, 11) is 0. The quantitative estimate of drug-likeness (QED) is 0.887. The number of nitrogens with zero attached hydrogens (tertiary/aromatic N) is 3.